The molecule has 2 rings (SSSR count). The van der Waals surface area contributed by atoms with Gasteiger partial charge >= 0.3 is 0 Å². The van der Waals surface area contributed by atoms with Gasteiger partial charge in [0.05, 0.1) is 17.1 Å². The topological polar surface area (TPSA) is 38.3 Å². The number of hydrogen-bond donors (Lipinski definition) is 1. The molecule has 20 heavy (non-hydrogen) atoms. The van der Waals surface area contributed by atoms with Gasteiger partial charge < -0.3 is 10.1 Å². The van der Waals surface area contributed by atoms with Crippen molar-refractivity contribution in [3.8, 4) is 5.75 Å². The van der Waals surface area contributed by atoms with Crippen LogP contribution in [0, 0.1) is 0 Å². The first-order valence-corrected chi connectivity index (χ1v) is 7.57. The van der Waals surface area contributed by atoms with Crippen molar-refractivity contribution in [2.24, 2.45) is 0 Å². The molecule has 6 heteroatoms. The summed E-state index contributed by atoms with van der Waals surface area (Å²) in [6, 6.07) is 10.4. The van der Waals surface area contributed by atoms with Crippen LogP contribution in [0.3, 0.4) is 0 Å². The molecule has 104 valence electrons. The highest BCUT2D eigenvalue weighted by Gasteiger charge is 2.11. The van der Waals surface area contributed by atoms with Gasteiger partial charge in [0.1, 0.15) is 5.75 Å². The van der Waals surface area contributed by atoms with E-state index in [1.54, 1.807) is 37.4 Å². The molecule has 1 amide bonds. The standard InChI is InChI=1S/C14H10Br2ClNO2/c1-20-13-7-9(3-5-11(13)15)18-14(19)10-4-2-8(17)6-12(10)16/h2-7H,1H3,(H,18,19). The summed E-state index contributed by atoms with van der Waals surface area (Å²) in [4.78, 5) is 12.2. The van der Waals surface area contributed by atoms with Crippen molar-refractivity contribution < 1.29 is 9.53 Å². The quantitative estimate of drug-likeness (QED) is 0.749. The molecule has 0 aliphatic heterocycles. The predicted octanol–water partition coefficient (Wildman–Crippen LogP) is 5.13. The number of carbonyl (C=O) groups is 1. The largest absolute Gasteiger partial charge is 0.495 e. The minimum atomic E-state index is -0.224. The van der Waals surface area contributed by atoms with E-state index < -0.39 is 0 Å². The van der Waals surface area contributed by atoms with E-state index in [1.807, 2.05) is 6.07 Å². The number of nitrogens with one attached hydrogen (secondary N) is 1. The number of amides is 1. The van der Waals surface area contributed by atoms with Gasteiger partial charge in [-0.15, -0.1) is 0 Å². The molecule has 0 unspecified atom stereocenters. The summed E-state index contributed by atoms with van der Waals surface area (Å²) >= 11 is 12.5. The number of rotatable bonds is 3. The van der Waals surface area contributed by atoms with Crippen LogP contribution in [0.25, 0.3) is 0 Å². The molecule has 0 fully saturated rings. The van der Waals surface area contributed by atoms with Gasteiger partial charge in [0, 0.05) is 21.2 Å². The molecule has 1 N–H and O–H groups in total. The van der Waals surface area contributed by atoms with Crippen LogP contribution < -0.4 is 10.1 Å². The Morgan fingerprint density at radius 2 is 1.90 bits per heavy atom. The molecule has 0 saturated heterocycles. The number of anilines is 1. The second-order valence-electron chi connectivity index (χ2n) is 3.93. The van der Waals surface area contributed by atoms with Gasteiger partial charge in [0.25, 0.3) is 5.91 Å². The van der Waals surface area contributed by atoms with E-state index in [2.05, 4.69) is 37.2 Å². The van der Waals surface area contributed by atoms with Crippen molar-refractivity contribution in [2.45, 2.75) is 0 Å². The Balaban J connectivity index is 2.23. The average molecular weight is 420 g/mol. The van der Waals surface area contributed by atoms with E-state index in [9.17, 15) is 4.79 Å². The maximum Gasteiger partial charge on any atom is 0.256 e. The molecule has 2 aromatic rings. The highest BCUT2D eigenvalue weighted by Crippen LogP contribution is 2.28. The zero-order valence-corrected chi connectivity index (χ0v) is 14.3. The first-order chi connectivity index (χ1) is 9.51. The van der Waals surface area contributed by atoms with Crippen LogP contribution >= 0.6 is 43.5 Å². The predicted molar refractivity (Wildman–Crippen MR) is 87.8 cm³/mol. The highest BCUT2D eigenvalue weighted by atomic mass is 79.9. The summed E-state index contributed by atoms with van der Waals surface area (Å²) in [6.07, 6.45) is 0. The minimum absolute atomic E-state index is 0.224. The third-order valence-electron chi connectivity index (χ3n) is 2.58. The Labute approximate surface area is 138 Å². The monoisotopic (exact) mass is 417 g/mol. The van der Waals surface area contributed by atoms with Crippen LogP contribution in [0.2, 0.25) is 5.02 Å². The van der Waals surface area contributed by atoms with Gasteiger partial charge in [-0.05, 0) is 62.2 Å². The molecule has 0 aliphatic carbocycles. The van der Waals surface area contributed by atoms with Gasteiger partial charge in [-0.2, -0.15) is 0 Å². The van der Waals surface area contributed by atoms with Crippen molar-refractivity contribution in [3.05, 3.63) is 55.9 Å². The summed E-state index contributed by atoms with van der Waals surface area (Å²) in [5, 5.41) is 3.38. The molecule has 0 aliphatic rings. The minimum Gasteiger partial charge on any atom is -0.495 e. The van der Waals surface area contributed by atoms with Crippen LogP contribution in [0.4, 0.5) is 5.69 Å². The normalized spacial score (nSPS) is 10.2. The Morgan fingerprint density at radius 3 is 2.55 bits per heavy atom. The third-order valence-corrected chi connectivity index (χ3v) is 4.13. The second-order valence-corrected chi connectivity index (χ2v) is 6.07. The van der Waals surface area contributed by atoms with E-state index >= 15 is 0 Å². The first kappa shape index (κ1) is 15.4. The van der Waals surface area contributed by atoms with Crippen molar-refractivity contribution in [1.82, 2.24) is 0 Å². The molecule has 0 atom stereocenters. The second kappa shape index (κ2) is 6.61. The molecule has 0 radical (unpaired) electrons. The van der Waals surface area contributed by atoms with Gasteiger partial charge in [-0.1, -0.05) is 11.6 Å². The molecule has 3 nitrogen and oxygen atoms in total. The lowest BCUT2D eigenvalue weighted by molar-refractivity contribution is 0.102. The number of halogens is 3. The van der Waals surface area contributed by atoms with Gasteiger partial charge in [0.2, 0.25) is 0 Å². The van der Waals surface area contributed by atoms with Gasteiger partial charge in [-0.25, -0.2) is 0 Å². The molecule has 2 aromatic carbocycles. The summed E-state index contributed by atoms with van der Waals surface area (Å²) in [5.41, 5.74) is 1.16. The summed E-state index contributed by atoms with van der Waals surface area (Å²) in [7, 11) is 1.57. The van der Waals surface area contributed by atoms with E-state index in [1.165, 1.54) is 0 Å². The van der Waals surface area contributed by atoms with E-state index in [0.29, 0.717) is 26.5 Å². The Morgan fingerprint density at radius 1 is 1.15 bits per heavy atom. The van der Waals surface area contributed by atoms with Crippen molar-refractivity contribution in [2.75, 3.05) is 12.4 Å². The number of methoxy groups -OCH3 is 1. The fourth-order valence-corrected chi connectivity index (χ4v) is 2.88. The highest BCUT2D eigenvalue weighted by molar-refractivity contribution is 9.10. The molecule has 0 saturated carbocycles. The number of benzene rings is 2. The fraction of sp³-hybridized carbons (Fsp3) is 0.0714. The Kier molecular flexibility index (Phi) is 5.07. The number of hydrogen-bond acceptors (Lipinski definition) is 2. The lowest BCUT2D eigenvalue weighted by Gasteiger charge is -2.09. The van der Waals surface area contributed by atoms with Gasteiger partial charge in [0.15, 0.2) is 0 Å². The molecule has 0 spiro atoms. The van der Waals surface area contributed by atoms with Crippen LogP contribution in [0.1, 0.15) is 10.4 Å². The molecular weight excluding hydrogens is 409 g/mol. The zero-order valence-electron chi connectivity index (χ0n) is 10.4. The summed E-state index contributed by atoms with van der Waals surface area (Å²) < 4.78 is 6.66. The molecule has 0 aromatic heterocycles. The Hall–Kier alpha value is -1.04. The average Bonchev–Trinajstić information content (AvgIpc) is 2.40. The number of carbonyl (C=O) groups excluding carboxylic acids is 1. The fourth-order valence-electron chi connectivity index (χ4n) is 1.61. The van der Waals surface area contributed by atoms with Crippen LogP contribution in [0.15, 0.2) is 45.3 Å². The molecule has 0 bridgehead atoms. The maximum absolute atomic E-state index is 12.2. The van der Waals surface area contributed by atoms with E-state index in [0.717, 1.165) is 4.47 Å². The number of ether oxygens (including phenoxy) is 1. The van der Waals surface area contributed by atoms with E-state index in [-0.39, 0.29) is 5.91 Å². The maximum atomic E-state index is 12.2. The lowest BCUT2D eigenvalue weighted by Crippen LogP contribution is -2.12. The molecule has 0 heterocycles. The van der Waals surface area contributed by atoms with E-state index in [4.69, 9.17) is 16.3 Å². The first-order valence-electron chi connectivity index (χ1n) is 5.61. The SMILES string of the molecule is COc1cc(NC(=O)c2ccc(Cl)cc2Br)ccc1Br. The zero-order chi connectivity index (χ0) is 14.7. The molecular formula is C14H10Br2ClNO2. The van der Waals surface area contributed by atoms with Crippen molar-refractivity contribution >= 4 is 55.1 Å². The third kappa shape index (κ3) is 3.53. The summed E-state index contributed by atoms with van der Waals surface area (Å²) in [6.45, 7) is 0. The van der Waals surface area contributed by atoms with Crippen molar-refractivity contribution in [3.63, 3.8) is 0 Å². The summed E-state index contributed by atoms with van der Waals surface area (Å²) in [5.74, 6) is 0.427. The smallest absolute Gasteiger partial charge is 0.256 e. The van der Waals surface area contributed by atoms with Crippen LogP contribution in [0.5, 0.6) is 5.75 Å². The lowest BCUT2D eigenvalue weighted by atomic mass is 10.2. The van der Waals surface area contributed by atoms with Crippen molar-refractivity contribution in [1.29, 1.82) is 0 Å². The van der Waals surface area contributed by atoms with Crippen LogP contribution in [-0.2, 0) is 0 Å². The Bertz CT molecular complexity index is 662. The van der Waals surface area contributed by atoms with Crippen LogP contribution in [-0.4, -0.2) is 13.0 Å². The van der Waals surface area contributed by atoms with Gasteiger partial charge in [-0.3, -0.25) is 4.79 Å².